The first kappa shape index (κ1) is 15.8. The number of hydrogen-bond donors (Lipinski definition) is 0. The molecular formula is C19H18ClFN2. The quantitative estimate of drug-likeness (QED) is 0.580. The lowest BCUT2D eigenvalue weighted by Gasteiger charge is -2.16. The third-order valence-electron chi connectivity index (χ3n) is 3.83. The minimum atomic E-state index is -0.246. The Kier molecular flexibility index (Phi) is 4.22. The van der Waals surface area contributed by atoms with Gasteiger partial charge in [-0.05, 0) is 42.7 Å². The van der Waals surface area contributed by atoms with Crippen molar-refractivity contribution in [1.82, 2.24) is 9.61 Å². The van der Waals surface area contributed by atoms with Crippen LogP contribution in [0.2, 0.25) is 5.15 Å². The smallest absolute Gasteiger partial charge is 0.131 e. The highest BCUT2D eigenvalue weighted by Gasteiger charge is 2.18. The first-order valence-electron chi connectivity index (χ1n) is 7.62. The Hall–Kier alpha value is -2.13. The van der Waals surface area contributed by atoms with Gasteiger partial charge >= 0.3 is 0 Å². The lowest BCUT2D eigenvalue weighted by molar-refractivity contribution is 0.628. The van der Waals surface area contributed by atoms with Crippen molar-refractivity contribution in [3.8, 4) is 11.1 Å². The number of rotatable bonds is 3. The highest BCUT2D eigenvalue weighted by Crippen LogP contribution is 2.35. The molecule has 0 saturated carbocycles. The van der Waals surface area contributed by atoms with E-state index in [4.69, 9.17) is 16.7 Å². The van der Waals surface area contributed by atoms with Gasteiger partial charge in [0, 0.05) is 11.1 Å². The van der Waals surface area contributed by atoms with Crippen LogP contribution in [0.4, 0.5) is 4.39 Å². The monoisotopic (exact) mass is 328 g/mol. The van der Waals surface area contributed by atoms with Crippen molar-refractivity contribution in [2.45, 2.75) is 26.7 Å². The molecule has 0 N–H and O–H groups in total. The molecule has 2 nitrogen and oxygen atoms in total. The van der Waals surface area contributed by atoms with Crippen LogP contribution in [0.15, 0.2) is 42.5 Å². The molecule has 0 saturated heterocycles. The minimum absolute atomic E-state index is 0.239. The predicted molar refractivity (Wildman–Crippen MR) is 94.4 cm³/mol. The average Bonchev–Trinajstić information content (AvgIpc) is 2.89. The molecule has 0 spiro atoms. The molecule has 23 heavy (non-hydrogen) atoms. The van der Waals surface area contributed by atoms with Crippen LogP contribution in [0.5, 0.6) is 0 Å². The molecule has 4 heteroatoms. The SMILES string of the molecule is CC=Cc1c(C(C)C)nn2c(Cl)ccc2c1-c1ccc(F)cc1. The molecule has 0 aliphatic rings. The molecule has 0 unspecified atom stereocenters. The van der Waals surface area contributed by atoms with E-state index in [0.29, 0.717) is 5.15 Å². The maximum atomic E-state index is 13.3. The zero-order chi connectivity index (χ0) is 16.6. The van der Waals surface area contributed by atoms with Crippen LogP contribution < -0.4 is 0 Å². The number of halogens is 2. The van der Waals surface area contributed by atoms with E-state index in [-0.39, 0.29) is 11.7 Å². The summed E-state index contributed by atoms with van der Waals surface area (Å²) in [4.78, 5) is 0. The maximum Gasteiger partial charge on any atom is 0.131 e. The van der Waals surface area contributed by atoms with Crippen molar-refractivity contribution in [1.29, 1.82) is 0 Å². The summed E-state index contributed by atoms with van der Waals surface area (Å²) in [6.45, 7) is 6.19. The third-order valence-corrected chi connectivity index (χ3v) is 4.12. The largest absolute Gasteiger partial charge is 0.221 e. The summed E-state index contributed by atoms with van der Waals surface area (Å²) in [5.41, 5.74) is 4.90. The summed E-state index contributed by atoms with van der Waals surface area (Å²) in [7, 11) is 0. The first-order chi connectivity index (χ1) is 11.0. The van der Waals surface area contributed by atoms with Gasteiger partial charge in [0.25, 0.3) is 0 Å². The molecule has 2 heterocycles. The number of fused-ring (bicyclic) bond motifs is 1. The lowest BCUT2D eigenvalue weighted by atomic mass is 9.94. The second-order valence-corrected chi connectivity index (χ2v) is 6.18. The predicted octanol–water partition coefficient (Wildman–Crippen LogP) is 5.95. The van der Waals surface area contributed by atoms with Gasteiger partial charge in [-0.15, -0.1) is 0 Å². The van der Waals surface area contributed by atoms with E-state index in [2.05, 4.69) is 19.9 Å². The minimum Gasteiger partial charge on any atom is -0.221 e. The standard InChI is InChI=1S/C19H18ClFN2/c1-4-5-15-18(13-6-8-14(21)9-7-13)16-10-11-17(20)23(16)22-19(15)12(2)3/h4-12H,1-3H3. The Morgan fingerprint density at radius 2 is 1.83 bits per heavy atom. The highest BCUT2D eigenvalue weighted by molar-refractivity contribution is 6.30. The maximum absolute atomic E-state index is 13.3. The number of aromatic nitrogens is 2. The van der Waals surface area contributed by atoms with Crippen molar-refractivity contribution >= 4 is 23.2 Å². The summed E-state index contributed by atoms with van der Waals surface area (Å²) in [6.07, 6.45) is 4.05. The van der Waals surface area contributed by atoms with Crippen LogP contribution in [0, 0.1) is 5.82 Å². The third kappa shape index (κ3) is 2.77. The van der Waals surface area contributed by atoms with Gasteiger partial charge < -0.3 is 0 Å². The molecule has 0 aliphatic heterocycles. The topological polar surface area (TPSA) is 17.3 Å². The fraction of sp³-hybridized carbons (Fsp3) is 0.211. The van der Waals surface area contributed by atoms with Crippen molar-refractivity contribution < 1.29 is 4.39 Å². The Morgan fingerprint density at radius 1 is 1.13 bits per heavy atom. The number of nitrogens with zero attached hydrogens (tertiary/aromatic N) is 2. The van der Waals surface area contributed by atoms with E-state index >= 15 is 0 Å². The molecule has 0 fully saturated rings. The molecule has 0 radical (unpaired) electrons. The number of allylic oxidation sites excluding steroid dienone is 1. The fourth-order valence-corrected chi connectivity index (χ4v) is 3.00. The molecule has 118 valence electrons. The molecule has 0 bridgehead atoms. The summed E-state index contributed by atoms with van der Waals surface area (Å²) in [6, 6.07) is 10.3. The van der Waals surface area contributed by atoms with Crippen LogP contribution in [0.3, 0.4) is 0 Å². The molecule has 2 aromatic heterocycles. The summed E-state index contributed by atoms with van der Waals surface area (Å²) >= 11 is 6.29. The zero-order valence-electron chi connectivity index (χ0n) is 13.3. The van der Waals surface area contributed by atoms with Crippen LogP contribution in [-0.2, 0) is 0 Å². The van der Waals surface area contributed by atoms with Crippen molar-refractivity contribution in [3.63, 3.8) is 0 Å². The van der Waals surface area contributed by atoms with Crippen molar-refractivity contribution in [2.24, 2.45) is 0 Å². The van der Waals surface area contributed by atoms with Gasteiger partial charge in [0.1, 0.15) is 11.0 Å². The number of hydrogen-bond acceptors (Lipinski definition) is 1. The van der Waals surface area contributed by atoms with Crippen molar-refractivity contribution in [3.05, 3.63) is 64.7 Å². The highest BCUT2D eigenvalue weighted by atomic mass is 35.5. The first-order valence-corrected chi connectivity index (χ1v) is 8.00. The Morgan fingerprint density at radius 3 is 2.43 bits per heavy atom. The van der Waals surface area contributed by atoms with Gasteiger partial charge in [0.15, 0.2) is 0 Å². The molecule has 3 aromatic rings. The Balaban J connectivity index is 2.44. The molecule has 0 atom stereocenters. The molecule has 0 aliphatic carbocycles. The van der Waals surface area contributed by atoms with Gasteiger partial charge in [0.05, 0.1) is 11.2 Å². The normalized spacial score (nSPS) is 11.9. The summed E-state index contributed by atoms with van der Waals surface area (Å²) in [5.74, 6) is -0.00725. The number of benzene rings is 1. The van der Waals surface area contributed by atoms with E-state index in [1.165, 1.54) is 12.1 Å². The van der Waals surface area contributed by atoms with E-state index in [1.54, 1.807) is 16.6 Å². The zero-order valence-corrected chi connectivity index (χ0v) is 14.1. The van der Waals surface area contributed by atoms with E-state index in [0.717, 1.165) is 27.9 Å². The van der Waals surface area contributed by atoms with E-state index in [9.17, 15) is 4.39 Å². The van der Waals surface area contributed by atoms with Crippen LogP contribution >= 0.6 is 11.6 Å². The van der Waals surface area contributed by atoms with Gasteiger partial charge in [-0.3, -0.25) is 0 Å². The fourth-order valence-electron chi connectivity index (χ4n) is 2.80. The van der Waals surface area contributed by atoms with Crippen LogP contribution in [-0.4, -0.2) is 9.61 Å². The van der Waals surface area contributed by atoms with Crippen LogP contribution in [0.1, 0.15) is 37.9 Å². The van der Waals surface area contributed by atoms with Gasteiger partial charge in [-0.25, -0.2) is 8.91 Å². The lowest BCUT2D eigenvalue weighted by Crippen LogP contribution is -2.06. The van der Waals surface area contributed by atoms with Crippen molar-refractivity contribution in [2.75, 3.05) is 0 Å². The Labute approximate surface area is 140 Å². The van der Waals surface area contributed by atoms with Gasteiger partial charge in [-0.2, -0.15) is 5.10 Å². The van der Waals surface area contributed by atoms with Gasteiger partial charge in [-0.1, -0.05) is 49.7 Å². The molecule has 3 rings (SSSR count). The summed E-state index contributed by atoms with van der Waals surface area (Å²) in [5, 5.41) is 5.28. The molecule has 0 amide bonds. The Bertz CT molecular complexity index is 877. The second kappa shape index (κ2) is 6.17. The van der Waals surface area contributed by atoms with Gasteiger partial charge in [0.2, 0.25) is 0 Å². The second-order valence-electron chi connectivity index (χ2n) is 5.79. The summed E-state index contributed by atoms with van der Waals surface area (Å²) < 4.78 is 15.1. The average molecular weight is 329 g/mol. The van der Waals surface area contributed by atoms with E-state index in [1.807, 2.05) is 25.1 Å². The molecular weight excluding hydrogens is 311 g/mol. The molecule has 1 aromatic carbocycles. The van der Waals surface area contributed by atoms with E-state index < -0.39 is 0 Å². The van der Waals surface area contributed by atoms with Crippen LogP contribution in [0.25, 0.3) is 22.7 Å².